The minimum absolute atomic E-state index is 0.0218. The van der Waals surface area contributed by atoms with Crippen molar-refractivity contribution in [2.45, 2.75) is 26.2 Å². The van der Waals surface area contributed by atoms with Crippen molar-refractivity contribution in [2.24, 2.45) is 0 Å². The lowest BCUT2D eigenvalue weighted by Crippen LogP contribution is -2.13. The number of hydrogen-bond acceptors (Lipinski definition) is 2. The summed E-state index contributed by atoms with van der Waals surface area (Å²) in [5.74, 6) is 0. The fraction of sp³-hybridized carbons (Fsp3) is 0.400. The summed E-state index contributed by atoms with van der Waals surface area (Å²) in [5, 5.41) is 8.79. The molecule has 0 bridgehead atoms. The molecule has 0 saturated heterocycles. The van der Waals surface area contributed by atoms with Crippen LogP contribution in [0.15, 0.2) is 18.5 Å². The monoisotopic (exact) mass is 160 g/mol. The molecule has 0 aromatic carbocycles. The van der Waals surface area contributed by atoms with Crippen LogP contribution < -0.4 is 0 Å². The molecule has 1 heterocycles. The summed E-state index contributed by atoms with van der Waals surface area (Å²) in [5.41, 5.74) is 1.75. The molecule has 0 radical (unpaired) electrons. The van der Waals surface area contributed by atoms with Gasteiger partial charge in [0.05, 0.1) is 5.56 Å². The van der Waals surface area contributed by atoms with Gasteiger partial charge in [0.15, 0.2) is 0 Å². The molecule has 1 aromatic rings. The Balaban J connectivity index is 3.26. The van der Waals surface area contributed by atoms with Crippen LogP contribution in [0.5, 0.6) is 0 Å². The van der Waals surface area contributed by atoms with Crippen LogP contribution in [0.4, 0.5) is 0 Å². The van der Waals surface area contributed by atoms with Crippen molar-refractivity contribution in [1.82, 2.24) is 4.98 Å². The van der Waals surface area contributed by atoms with Gasteiger partial charge < -0.3 is 0 Å². The molecule has 0 aliphatic rings. The first-order chi connectivity index (χ1) is 5.55. The lowest BCUT2D eigenvalue weighted by atomic mass is 9.85. The van der Waals surface area contributed by atoms with Gasteiger partial charge in [-0.2, -0.15) is 5.26 Å². The fourth-order valence-electron chi connectivity index (χ4n) is 1.14. The maximum absolute atomic E-state index is 8.79. The zero-order valence-electron chi connectivity index (χ0n) is 7.63. The molecule has 1 aromatic heterocycles. The highest BCUT2D eigenvalue weighted by Crippen LogP contribution is 2.24. The molecule has 0 atom stereocenters. The van der Waals surface area contributed by atoms with E-state index < -0.39 is 0 Å². The Bertz CT molecular complexity index is 315. The molecule has 12 heavy (non-hydrogen) atoms. The summed E-state index contributed by atoms with van der Waals surface area (Å²) >= 11 is 0. The maximum atomic E-state index is 8.79. The van der Waals surface area contributed by atoms with Gasteiger partial charge in [-0.15, -0.1) is 0 Å². The van der Waals surface area contributed by atoms with E-state index >= 15 is 0 Å². The third-order valence-electron chi connectivity index (χ3n) is 1.75. The number of rotatable bonds is 0. The van der Waals surface area contributed by atoms with Crippen LogP contribution in [-0.4, -0.2) is 4.98 Å². The lowest BCUT2D eigenvalue weighted by molar-refractivity contribution is 0.587. The number of nitriles is 1. The second-order valence-corrected chi connectivity index (χ2v) is 3.78. The van der Waals surface area contributed by atoms with Crippen LogP contribution in [0.2, 0.25) is 0 Å². The largest absolute Gasteiger partial charge is 0.263 e. The van der Waals surface area contributed by atoms with E-state index in [1.165, 1.54) is 0 Å². The van der Waals surface area contributed by atoms with E-state index in [4.69, 9.17) is 5.26 Å². The second-order valence-electron chi connectivity index (χ2n) is 3.78. The normalized spacial score (nSPS) is 10.8. The third kappa shape index (κ3) is 1.62. The van der Waals surface area contributed by atoms with Gasteiger partial charge in [0.1, 0.15) is 6.07 Å². The van der Waals surface area contributed by atoms with E-state index in [9.17, 15) is 0 Å². The van der Waals surface area contributed by atoms with Gasteiger partial charge in [0, 0.05) is 12.4 Å². The van der Waals surface area contributed by atoms with Gasteiger partial charge in [-0.25, -0.2) is 0 Å². The Morgan fingerprint density at radius 3 is 2.50 bits per heavy atom. The summed E-state index contributed by atoms with van der Waals surface area (Å²) in [7, 11) is 0. The van der Waals surface area contributed by atoms with Crippen molar-refractivity contribution in [3.63, 3.8) is 0 Å². The highest BCUT2D eigenvalue weighted by Gasteiger charge is 2.17. The van der Waals surface area contributed by atoms with E-state index in [-0.39, 0.29) is 5.41 Å². The number of nitrogens with zero attached hydrogens (tertiary/aromatic N) is 2. The van der Waals surface area contributed by atoms with Crippen LogP contribution in [0.25, 0.3) is 0 Å². The molecule has 2 nitrogen and oxygen atoms in total. The van der Waals surface area contributed by atoms with Crippen LogP contribution in [-0.2, 0) is 5.41 Å². The molecule has 62 valence electrons. The van der Waals surface area contributed by atoms with Crippen LogP contribution in [0.3, 0.4) is 0 Å². The highest BCUT2D eigenvalue weighted by molar-refractivity contribution is 5.38. The van der Waals surface area contributed by atoms with Gasteiger partial charge in [-0.05, 0) is 17.0 Å². The van der Waals surface area contributed by atoms with E-state index in [0.717, 1.165) is 5.56 Å². The number of pyridine rings is 1. The molecular weight excluding hydrogens is 148 g/mol. The molecule has 0 unspecified atom stereocenters. The van der Waals surface area contributed by atoms with Crippen molar-refractivity contribution in [2.75, 3.05) is 0 Å². The minimum atomic E-state index is 0.0218. The van der Waals surface area contributed by atoms with Crippen molar-refractivity contribution in [3.8, 4) is 6.07 Å². The zero-order valence-corrected chi connectivity index (χ0v) is 7.63. The standard InChI is InChI=1S/C10H12N2/c1-10(2,3)9-4-5-12-7-8(9)6-11/h4-5,7H,1-3H3. The number of aromatic nitrogens is 1. The van der Waals surface area contributed by atoms with Crippen molar-refractivity contribution < 1.29 is 0 Å². The first-order valence-electron chi connectivity index (χ1n) is 3.90. The van der Waals surface area contributed by atoms with E-state index in [1.54, 1.807) is 12.4 Å². The van der Waals surface area contributed by atoms with Crippen LogP contribution in [0, 0.1) is 11.3 Å². The van der Waals surface area contributed by atoms with Gasteiger partial charge in [-0.1, -0.05) is 20.8 Å². The lowest BCUT2D eigenvalue weighted by Gasteiger charge is -2.19. The average molecular weight is 160 g/mol. The summed E-state index contributed by atoms with van der Waals surface area (Å²) in [4.78, 5) is 3.91. The topological polar surface area (TPSA) is 36.7 Å². The average Bonchev–Trinajstić information content (AvgIpc) is 2.03. The summed E-state index contributed by atoms with van der Waals surface area (Å²) in [6.07, 6.45) is 3.34. The second kappa shape index (κ2) is 2.94. The predicted molar refractivity (Wildman–Crippen MR) is 47.7 cm³/mol. The Hall–Kier alpha value is -1.36. The molecule has 0 aliphatic carbocycles. The Kier molecular flexibility index (Phi) is 2.14. The van der Waals surface area contributed by atoms with Gasteiger partial charge >= 0.3 is 0 Å². The quantitative estimate of drug-likeness (QED) is 0.583. The molecule has 0 spiro atoms. The highest BCUT2D eigenvalue weighted by atomic mass is 14.6. The smallest absolute Gasteiger partial charge is 0.101 e. The van der Waals surface area contributed by atoms with Crippen molar-refractivity contribution >= 4 is 0 Å². The molecule has 0 N–H and O–H groups in total. The van der Waals surface area contributed by atoms with Crippen molar-refractivity contribution in [3.05, 3.63) is 29.6 Å². The minimum Gasteiger partial charge on any atom is -0.263 e. The molecule has 2 heteroatoms. The van der Waals surface area contributed by atoms with E-state index in [0.29, 0.717) is 5.56 Å². The zero-order chi connectivity index (χ0) is 9.19. The summed E-state index contributed by atoms with van der Waals surface area (Å²) in [6, 6.07) is 4.04. The van der Waals surface area contributed by atoms with E-state index in [2.05, 4.69) is 31.8 Å². The Morgan fingerprint density at radius 1 is 1.42 bits per heavy atom. The third-order valence-corrected chi connectivity index (χ3v) is 1.75. The maximum Gasteiger partial charge on any atom is 0.101 e. The SMILES string of the molecule is CC(C)(C)c1ccncc1C#N. The Morgan fingerprint density at radius 2 is 2.08 bits per heavy atom. The van der Waals surface area contributed by atoms with Crippen LogP contribution in [0.1, 0.15) is 31.9 Å². The molecule has 0 aliphatic heterocycles. The predicted octanol–water partition coefficient (Wildman–Crippen LogP) is 2.25. The first-order valence-corrected chi connectivity index (χ1v) is 3.90. The Labute approximate surface area is 72.9 Å². The number of hydrogen-bond donors (Lipinski definition) is 0. The van der Waals surface area contributed by atoms with Gasteiger partial charge in [0.2, 0.25) is 0 Å². The molecule has 1 rings (SSSR count). The molecular formula is C10H12N2. The van der Waals surface area contributed by atoms with Gasteiger partial charge in [-0.3, -0.25) is 4.98 Å². The fourth-order valence-corrected chi connectivity index (χ4v) is 1.14. The first kappa shape index (κ1) is 8.73. The van der Waals surface area contributed by atoms with Crippen LogP contribution >= 0.6 is 0 Å². The molecule has 0 saturated carbocycles. The molecule has 0 fully saturated rings. The summed E-state index contributed by atoms with van der Waals surface area (Å²) in [6.45, 7) is 6.26. The summed E-state index contributed by atoms with van der Waals surface area (Å²) < 4.78 is 0. The van der Waals surface area contributed by atoms with Crippen molar-refractivity contribution in [1.29, 1.82) is 5.26 Å². The van der Waals surface area contributed by atoms with Gasteiger partial charge in [0.25, 0.3) is 0 Å². The van der Waals surface area contributed by atoms with E-state index in [1.807, 2.05) is 6.07 Å². The molecule has 0 amide bonds.